The first-order chi connectivity index (χ1) is 20.1. The maximum atomic E-state index is 15.1. The normalized spacial score (nSPS) is 13.9. The lowest BCUT2D eigenvalue weighted by Gasteiger charge is -2.40. The molecule has 1 unspecified atom stereocenters. The quantitative estimate of drug-likeness (QED) is 0.171. The standard InChI is InChI=1S/C30H31F4N3O.2C2H6/c1-18-7-4-5-10-27(18)37(30(33)34)20(3)21-11-13-36(14-12-21)29(38)25-15-19(2)24(17-26(25)32)28(35)22-8-6-9-23(31)16-22;2*1-2/h4-10,15-17,20-21,30,35H,11-14H2,1-3H3;2*1-2H3. The number of likely N-dealkylation sites (tertiary alicyclic amines) is 1. The van der Waals surface area contributed by atoms with Gasteiger partial charge in [0.2, 0.25) is 0 Å². The summed E-state index contributed by atoms with van der Waals surface area (Å²) in [5.74, 6) is -1.78. The summed E-state index contributed by atoms with van der Waals surface area (Å²) >= 11 is 0. The molecule has 1 atom stereocenters. The van der Waals surface area contributed by atoms with E-state index in [4.69, 9.17) is 5.41 Å². The van der Waals surface area contributed by atoms with Crippen LogP contribution in [0.25, 0.3) is 0 Å². The fraction of sp³-hybridized carbons (Fsp3) is 0.412. The number of carbonyl (C=O) groups is 1. The molecule has 1 saturated heterocycles. The van der Waals surface area contributed by atoms with Gasteiger partial charge in [0.25, 0.3) is 5.91 Å². The van der Waals surface area contributed by atoms with E-state index < -0.39 is 30.1 Å². The van der Waals surface area contributed by atoms with E-state index in [-0.39, 0.29) is 22.8 Å². The second-order valence-electron chi connectivity index (χ2n) is 9.87. The molecule has 3 aromatic carbocycles. The molecular weight excluding hydrogens is 542 g/mol. The number of nitrogens with zero attached hydrogens (tertiary/aromatic N) is 2. The van der Waals surface area contributed by atoms with Gasteiger partial charge < -0.3 is 9.80 Å². The Bertz CT molecular complexity index is 1340. The van der Waals surface area contributed by atoms with Gasteiger partial charge in [0.05, 0.1) is 11.3 Å². The molecule has 1 heterocycles. The van der Waals surface area contributed by atoms with Crippen molar-refractivity contribution in [1.82, 2.24) is 4.90 Å². The molecule has 1 aliphatic rings. The Balaban J connectivity index is 0.00000148. The largest absolute Gasteiger partial charge is 0.339 e. The van der Waals surface area contributed by atoms with E-state index >= 15 is 4.39 Å². The first kappa shape index (κ1) is 34.5. The predicted molar refractivity (Wildman–Crippen MR) is 164 cm³/mol. The summed E-state index contributed by atoms with van der Waals surface area (Å²) in [7, 11) is 0. The number of anilines is 1. The molecule has 42 heavy (non-hydrogen) atoms. The maximum Gasteiger partial charge on any atom is 0.315 e. The van der Waals surface area contributed by atoms with Crippen molar-refractivity contribution < 1.29 is 22.4 Å². The zero-order valence-electron chi connectivity index (χ0n) is 25.6. The Kier molecular flexibility index (Phi) is 13.2. The van der Waals surface area contributed by atoms with Gasteiger partial charge >= 0.3 is 6.55 Å². The average molecular weight is 586 g/mol. The number of alkyl halides is 2. The average Bonchev–Trinajstić information content (AvgIpc) is 3.00. The SMILES string of the molecule is CC.CC.Cc1cc(C(=O)N2CCC(C(C)N(c3ccccc3C)C(F)F)CC2)c(F)cc1C(=N)c1cccc(F)c1. The zero-order valence-corrected chi connectivity index (χ0v) is 25.6. The fourth-order valence-corrected chi connectivity index (χ4v) is 5.25. The number of piperidine rings is 1. The van der Waals surface area contributed by atoms with Crippen molar-refractivity contribution in [3.05, 3.63) is 100 Å². The highest BCUT2D eigenvalue weighted by Crippen LogP contribution is 2.32. The molecule has 1 aliphatic heterocycles. The molecule has 228 valence electrons. The number of aryl methyl sites for hydroxylation is 2. The van der Waals surface area contributed by atoms with Crippen LogP contribution in [0.5, 0.6) is 0 Å². The van der Waals surface area contributed by atoms with E-state index in [1.165, 1.54) is 24.3 Å². The third-order valence-corrected chi connectivity index (χ3v) is 7.48. The van der Waals surface area contributed by atoms with Crippen LogP contribution in [0.15, 0.2) is 60.7 Å². The second kappa shape index (κ2) is 16.1. The van der Waals surface area contributed by atoms with Crippen LogP contribution in [-0.2, 0) is 0 Å². The van der Waals surface area contributed by atoms with Gasteiger partial charge in [0.15, 0.2) is 0 Å². The predicted octanol–water partition coefficient (Wildman–Crippen LogP) is 9.02. The van der Waals surface area contributed by atoms with Crippen LogP contribution >= 0.6 is 0 Å². The number of para-hydroxylation sites is 1. The number of benzene rings is 3. The van der Waals surface area contributed by atoms with Crippen molar-refractivity contribution in [3.8, 4) is 0 Å². The number of nitrogens with one attached hydrogen (secondary N) is 1. The lowest BCUT2D eigenvalue weighted by Crippen LogP contribution is -2.47. The monoisotopic (exact) mass is 585 g/mol. The molecule has 3 aromatic rings. The lowest BCUT2D eigenvalue weighted by atomic mass is 9.88. The number of carbonyl (C=O) groups excluding carboxylic acids is 1. The number of amides is 1. The van der Waals surface area contributed by atoms with E-state index in [9.17, 15) is 18.0 Å². The van der Waals surface area contributed by atoms with Crippen molar-refractivity contribution >= 4 is 17.3 Å². The Morgan fingerprint density at radius 3 is 2.07 bits per heavy atom. The summed E-state index contributed by atoms with van der Waals surface area (Å²) in [6.45, 7) is 11.3. The molecule has 0 saturated carbocycles. The van der Waals surface area contributed by atoms with Gasteiger partial charge in [-0.05, 0) is 81.0 Å². The van der Waals surface area contributed by atoms with Gasteiger partial charge in [-0.2, -0.15) is 8.78 Å². The third-order valence-electron chi connectivity index (χ3n) is 7.48. The lowest BCUT2D eigenvalue weighted by molar-refractivity contribution is 0.0646. The molecular formula is C34H43F4N3O. The van der Waals surface area contributed by atoms with Crippen molar-refractivity contribution in [2.75, 3.05) is 18.0 Å². The fourth-order valence-electron chi connectivity index (χ4n) is 5.25. The Morgan fingerprint density at radius 2 is 1.50 bits per heavy atom. The van der Waals surface area contributed by atoms with Gasteiger partial charge in [-0.1, -0.05) is 58.0 Å². The van der Waals surface area contributed by atoms with Crippen LogP contribution < -0.4 is 4.90 Å². The minimum Gasteiger partial charge on any atom is -0.339 e. The topological polar surface area (TPSA) is 47.4 Å². The van der Waals surface area contributed by atoms with Gasteiger partial charge in [-0.15, -0.1) is 0 Å². The van der Waals surface area contributed by atoms with E-state index in [2.05, 4.69) is 0 Å². The molecule has 0 spiro atoms. The van der Waals surface area contributed by atoms with Gasteiger partial charge in [-0.25, -0.2) is 8.78 Å². The number of hydrogen-bond donors (Lipinski definition) is 1. The first-order valence-electron chi connectivity index (χ1n) is 14.6. The molecule has 0 aromatic heterocycles. The van der Waals surface area contributed by atoms with Crippen LogP contribution in [0.3, 0.4) is 0 Å². The van der Waals surface area contributed by atoms with Crippen LogP contribution in [0, 0.1) is 36.8 Å². The van der Waals surface area contributed by atoms with E-state index in [0.717, 1.165) is 16.5 Å². The Hall–Kier alpha value is -3.68. The zero-order chi connectivity index (χ0) is 31.6. The molecule has 0 bridgehead atoms. The van der Waals surface area contributed by atoms with Crippen molar-refractivity contribution in [3.63, 3.8) is 0 Å². The molecule has 1 N–H and O–H groups in total. The van der Waals surface area contributed by atoms with Crippen molar-refractivity contribution in [2.45, 2.75) is 73.9 Å². The highest BCUT2D eigenvalue weighted by atomic mass is 19.3. The highest BCUT2D eigenvalue weighted by molar-refractivity contribution is 6.12. The van der Waals surface area contributed by atoms with Gasteiger partial charge in [0.1, 0.15) is 11.6 Å². The maximum absolute atomic E-state index is 15.1. The smallest absolute Gasteiger partial charge is 0.315 e. The Morgan fingerprint density at radius 1 is 0.881 bits per heavy atom. The number of rotatable bonds is 7. The summed E-state index contributed by atoms with van der Waals surface area (Å²) in [5, 5.41) is 8.39. The van der Waals surface area contributed by atoms with Crippen LogP contribution in [-0.4, -0.2) is 42.2 Å². The van der Waals surface area contributed by atoms with Crippen molar-refractivity contribution in [1.29, 1.82) is 5.41 Å². The van der Waals surface area contributed by atoms with Crippen LogP contribution in [0.4, 0.5) is 23.2 Å². The van der Waals surface area contributed by atoms with E-state index in [1.807, 2.05) is 33.8 Å². The van der Waals surface area contributed by atoms with E-state index in [0.29, 0.717) is 42.7 Å². The minimum absolute atomic E-state index is 0.0352. The summed E-state index contributed by atoms with van der Waals surface area (Å²) in [6, 6.07) is 14.7. The number of hydrogen-bond acceptors (Lipinski definition) is 3. The molecule has 0 radical (unpaired) electrons. The second-order valence-corrected chi connectivity index (χ2v) is 9.87. The van der Waals surface area contributed by atoms with Crippen LogP contribution in [0.1, 0.15) is 80.1 Å². The highest BCUT2D eigenvalue weighted by Gasteiger charge is 2.34. The third kappa shape index (κ3) is 7.99. The molecule has 0 aliphatic carbocycles. The first-order valence-corrected chi connectivity index (χ1v) is 14.6. The van der Waals surface area contributed by atoms with Crippen molar-refractivity contribution in [2.24, 2.45) is 5.92 Å². The molecule has 1 amide bonds. The van der Waals surface area contributed by atoms with Gasteiger partial charge in [-0.3, -0.25) is 10.2 Å². The molecule has 4 rings (SSSR count). The summed E-state index contributed by atoms with van der Waals surface area (Å²) in [4.78, 5) is 15.9. The molecule has 1 fully saturated rings. The Labute approximate surface area is 247 Å². The molecule has 8 heteroatoms. The van der Waals surface area contributed by atoms with Crippen LogP contribution in [0.2, 0.25) is 0 Å². The van der Waals surface area contributed by atoms with Gasteiger partial charge in [0, 0.05) is 35.9 Å². The summed E-state index contributed by atoms with van der Waals surface area (Å²) < 4.78 is 56.9. The molecule has 4 nitrogen and oxygen atoms in total. The van der Waals surface area contributed by atoms with E-state index in [1.54, 1.807) is 49.9 Å². The number of halogens is 4. The summed E-state index contributed by atoms with van der Waals surface area (Å²) in [5.41, 5.74) is 2.25. The summed E-state index contributed by atoms with van der Waals surface area (Å²) in [6.07, 6.45) is 1.04. The minimum atomic E-state index is -2.66.